The summed E-state index contributed by atoms with van der Waals surface area (Å²) in [6.07, 6.45) is 0. The highest BCUT2D eigenvalue weighted by Crippen LogP contribution is 2.27. The molecule has 1 N–H and O–H groups in total. The van der Waals surface area contributed by atoms with Crippen molar-refractivity contribution in [2.24, 2.45) is 0 Å². The van der Waals surface area contributed by atoms with Gasteiger partial charge >= 0.3 is 0 Å². The van der Waals surface area contributed by atoms with Gasteiger partial charge in [-0.05, 0) is 43.7 Å². The molecule has 0 fully saturated rings. The van der Waals surface area contributed by atoms with E-state index in [2.05, 4.69) is 5.32 Å². The second-order valence-corrected chi connectivity index (χ2v) is 5.97. The Hall–Kier alpha value is -1.91. The van der Waals surface area contributed by atoms with Crippen molar-refractivity contribution in [2.45, 2.75) is 19.9 Å². The van der Waals surface area contributed by atoms with E-state index < -0.39 is 0 Å². The van der Waals surface area contributed by atoms with Crippen molar-refractivity contribution >= 4 is 29.1 Å². The summed E-state index contributed by atoms with van der Waals surface area (Å²) in [7, 11) is 0. The summed E-state index contributed by atoms with van der Waals surface area (Å²) in [5, 5.41) is 3.91. The van der Waals surface area contributed by atoms with Gasteiger partial charge in [0, 0.05) is 10.0 Å². The molecule has 2 aromatic carbocycles. The third-order valence-corrected chi connectivity index (χ3v) is 3.88. The Morgan fingerprint density at radius 3 is 2.42 bits per heavy atom. The van der Waals surface area contributed by atoms with Gasteiger partial charge in [-0.25, -0.2) is 0 Å². The van der Waals surface area contributed by atoms with E-state index in [1.165, 1.54) is 0 Å². The van der Waals surface area contributed by atoms with Crippen molar-refractivity contribution in [1.29, 1.82) is 0 Å². The van der Waals surface area contributed by atoms with Gasteiger partial charge in [0.25, 0.3) is 5.91 Å². The van der Waals surface area contributed by atoms with Gasteiger partial charge in [0.1, 0.15) is 0 Å². The minimum Gasteiger partial charge on any atom is -0.490 e. The van der Waals surface area contributed by atoms with E-state index in [1.54, 1.807) is 30.3 Å². The Kier molecular flexibility index (Phi) is 6.76. The van der Waals surface area contributed by atoms with Crippen LogP contribution in [0.25, 0.3) is 0 Å². The van der Waals surface area contributed by atoms with Crippen LogP contribution in [0.3, 0.4) is 0 Å². The molecule has 0 aliphatic heterocycles. The number of para-hydroxylation sites is 2. The van der Waals surface area contributed by atoms with Gasteiger partial charge in [0.05, 0.1) is 12.6 Å². The summed E-state index contributed by atoms with van der Waals surface area (Å²) < 4.78 is 11.0. The highest BCUT2D eigenvalue weighted by atomic mass is 35.5. The number of benzene rings is 2. The molecular weight excluding hydrogens is 349 g/mol. The molecule has 2 aromatic rings. The number of ether oxygens (including phenoxy) is 2. The first-order valence-corrected chi connectivity index (χ1v) is 8.35. The summed E-state index contributed by atoms with van der Waals surface area (Å²) in [6, 6.07) is 12.2. The van der Waals surface area contributed by atoms with Crippen molar-refractivity contribution in [3.8, 4) is 11.5 Å². The summed E-state index contributed by atoms with van der Waals surface area (Å²) in [5.41, 5.74) is 0.795. The van der Waals surface area contributed by atoms with Crippen LogP contribution in [0, 0.1) is 0 Å². The van der Waals surface area contributed by atoms with Crippen molar-refractivity contribution in [3.05, 3.63) is 58.1 Å². The highest BCUT2D eigenvalue weighted by Gasteiger charge is 2.14. The van der Waals surface area contributed by atoms with Crippen molar-refractivity contribution < 1.29 is 14.3 Å². The van der Waals surface area contributed by atoms with Crippen molar-refractivity contribution in [2.75, 3.05) is 13.2 Å². The number of carbonyl (C=O) groups is 1. The third-order valence-electron chi connectivity index (χ3n) is 3.31. The topological polar surface area (TPSA) is 47.6 Å². The van der Waals surface area contributed by atoms with E-state index in [9.17, 15) is 4.79 Å². The summed E-state index contributed by atoms with van der Waals surface area (Å²) in [4.78, 5) is 12.1. The lowest BCUT2D eigenvalue weighted by Gasteiger charge is -2.17. The molecule has 1 amide bonds. The Balaban J connectivity index is 1.94. The minimum absolute atomic E-state index is 0.111. The number of carbonyl (C=O) groups excluding carboxylic acids is 1. The fourth-order valence-corrected chi connectivity index (χ4v) is 2.77. The largest absolute Gasteiger partial charge is 0.490 e. The van der Waals surface area contributed by atoms with E-state index in [1.807, 2.05) is 26.0 Å². The van der Waals surface area contributed by atoms with Crippen molar-refractivity contribution in [3.63, 3.8) is 0 Å². The smallest absolute Gasteiger partial charge is 0.258 e. The zero-order chi connectivity index (χ0) is 17.5. The Labute approximate surface area is 151 Å². The van der Waals surface area contributed by atoms with Crippen LogP contribution in [0.5, 0.6) is 11.5 Å². The van der Waals surface area contributed by atoms with E-state index in [0.717, 1.165) is 5.56 Å². The summed E-state index contributed by atoms with van der Waals surface area (Å²) in [5.74, 6) is 0.896. The first kappa shape index (κ1) is 18.4. The standard InChI is InChI=1S/C18H19Cl2NO3/c1-3-23-16-6-4-5-7-17(16)24-11-18(22)21-12(2)14-9-8-13(19)10-15(14)20/h4-10,12H,3,11H2,1-2H3,(H,21,22)/t12-/m0/s1. The van der Waals surface area contributed by atoms with E-state index in [-0.39, 0.29) is 18.6 Å². The van der Waals surface area contributed by atoms with Gasteiger partial charge in [0.15, 0.2) is 18.1 Å². The van der Waals surface area contributed by atoms with Gasteiger partial charge in [-0.3, -0.25) is 4.79 Å². The van der Waals surface area contributed by atoms with Gasteiger partial charge < -0.3 is 14.8 Å². The minimum atomic E-state index is -0.256. The van der Waals surface area contributed by atoms with Gasteiger partial charge in [0.2, 0.25) is 0 Å². The molecule has 0 spiro atoms. The van der Waals surface area contributed by atoms with Crippen LogP contribution >= 0.6 is 23.2 Å². The molecule has 0 saturated carbocycles. The van der Waals surface area contributed by atoms with Gasteiger partial charge in [-0.2, -0.15) is 0 Å². The second-order valence-electron chi connectivity index (χ2n) is 5.12. The quantitative estimate of drug-likeness (QED) is 0.774. The summed E-state index contributed by atoms with van der Waals surface area (Å²) in [6.45, 7) is 4.15. The molecule has 128 valence electrons. The maximum absolute atomic E-state index is 12.1. The molecule has 6 heteroatoms. The molecule has 1 atom stereocenters. The average Bonchev–Trinajstić information content (AvgIpc) is 2.54. The van der Waals surface area contributed by atoms with Crippen LogP contribution in [0.1, 0.15) is 25.5 Å². The van der Waals surface area contributed by atoms with Crippen LogP contribution in [-0.4, -0.2) is 19.1 Å². The van der Waals surface area contributed by atoms with Gasteiger partial charge in [-0.15, -0.1) is 0 Å². The maximum atomic E-state index is 12.1. The van der Waals surface area contributed by atoms with Crippen LogP contribution in [-0.2, 0) is 4.79 Å². The predicted molar refractivity (Wildman–Crippen MR) is 96.1 cm³/mol. The number of hydrogen-bond acceptors (Lipinski definition) is 3. The predicted octanol–water partition coefficient (Wildman–Crippen LogP) is 4.65. The average molecular weight is 368 g/mol. The fourth-order valence-electron chi connectivity index (χ4n) is 2.20. The third kappa shape index (κ3) is 5.05. The highest BCUT2D eigenvalue weighted by molar-refractivity contribution is 6.35. The molecule has 4 nitrogen and oxygen atoms in total. The SMILES string of the molecule is CCOc1ccccc1OCC(=O)N[C@@H](C)c1ccc(Cl)cc1Cl. The first-order chi connectivity index (χ1) is 11.5. The van der Waals surface area contributed by atoms with E-state index in [4.69, 9.17) is 32.7 Å². The molecule has 0 heterocycles. The number of hydrogen-bond donors (Lipinski definition) is 1. The van der Waals surface area contributed by atoms with Crippen LogP contribution < -0.4 is 14.8 Å². The number of halogens is 2. The first-order valence-electron chi connectivity index (χ1n) is 7.60. The molecule has 0 aromatic heterocycles. The number of rotatable bonds is 7. The van der Waals surface area contributed by atoms with Gasteiger partial charge in [-0.1, -0.05) is 41.4 Å². The zero-order valence-corrected chi connectivity index (χ0v) is 15.0. The lowest BCUT2D eigenvalue weighted by atomic mass is 10.1. The molecule has 0 saturated heterocycles. The number of nitrogens with one attached hydrogen (secondary N) is 1. The Morgan fingerprint density at radius 1 is 1.12 bits per heavy atom. The monoisotopic (exact) mass is 367 g/mol. The molecule has 0 aliphatic carbocycles. The Morgan fingerprint density at radius 2 is 1.79 bits per heavy atom. The number of amides is 1. The molecule has 0 radical (unpaired) electrons. The lowest BCUT2D eigenvalue weighted by Crippen LogP contribution is -2.31. The summed E-state index contributed by atoms with van der Waals surface area (Å²) >= 11 is 12.0. The van der Waals surface area contributed by atoms with Crippen LogP contribution in [0.2, 0.25) is 10.0 Å². The molecule has 0 bridgehead atoms. The second kappa shape index (κ2) is 8.81. The van der Waals surface area contributed by atoms with E-state index in [0.29, 0.717) is 28.2 Å². The van der Waals surface area contributed by atoms with Crippen LogP contribution in [0.4, 0.5) is 0 Å². The Bertz CT molecular complexity index is 706. The zero-order valence-electron chi connectivity index (χ0n) is 13.5. The maximum Gasteiger partial charge on any atom is 0.258 e. The normalized spacial score (nSPS) is 11.7. The van der Waals surface area contributed by atoms with Crippen LogP contribution in [0.15, 0.2) is 42.5 Å². The van der Waals surface area contributed by atoms with E-state index >= 15 is 0 Å². The van der Waals surface area contributed by atoms with Crippen molar-refractivity contribution in [1.82, 2.24) is 5.32 Å². The molecular formula is C18H19Cl2NO3. The molecule has 2 rings (SSSR count). The lowest BCUT2D eigenvalue weighted by molar-refractivity contribution is -0.123. The molecule has 0 unspecified atom stereocenters. The molecule has 0 aliphatic rings. The fraction of sp³-hybridized carbons (Fsp3) is 0.278. The molecule has 24 heavy (non-hydrogen) atoms.